The first-order valence-electron chi connectivity index (χ1n) is 7.45. The fourth-order valence-electron chi connectivity index (χ4n) is 5.39. The van der Waals surface area contributed by atoms with E-state index in [4.69, 9.17) is 5.73 Å². The average Bonchev–Trinajstić information content (AvgIpc) is 3.06. The third-order valence-corrected chi connectivity index (χ3v) is 6.10. The van der Waals surface area contributed by atoms with Gasteiger partial charge >= 0.3 is 0 Å². The Morgan fingerprint density at radius 1 is 1.05 bits per heavy atom. The van der Waals surface area contributed by atoms with Gasteiger partial charge in [-0.1, -0.05) is 12.5 Å². The lowest BCUT2D eigenvalue weighted by Gasteiger charge is -2.40. The van der Waals surface area contributed by atoms with E-state index in [0.717, 1.165) is 24.8 Å². The Labute approximate surface area is 116 Å². The van der Waals surface area contributed by atoms with Crippen LogP contribution in [-0.2, 0) is 5.54 Å². The summed E-state index contributed by atoms with van der Waals surface area (Å²) in [4.78, 5) is 0. The van der Waals surface area contributed by atoms with Crippen molar-refractivity contribution in [1.29, 1.82) is 0 Å². The van der Waals surface area contributed by atoms with Gasteiger partial charge in [-0.15, -0.1) is 0 Å². The first kappa shape index (κ1) is 12.7. The molecule has 5 unspecified atom stereocenters. The Morgan fingerprint density at radius 2 is 1.80 bits per heavy atom. The Balaban J connectivity index is 1.78. The molecule has 4 heteroatoms. The van der Waals surface area contributed by atoms with Crippen molar-refractivity contribution in [1.82, 2.24) is 0 Å². The molecule has 2 bridgehead atoms. The minimum atomic E-state index is -1.39. The fourth-order valence-corrected chi connectivity index (χ4v) is 5.39. The molecular formula is C16H18F3N. The molecule has 1 aromatic carbocycles. The van der Waals surface area contributed by atoms with E-state index in [2.05, 4.69) is 0 Å². The molecule has 3 fully saturated rings. The van der Waals surface area contributed by atoms with E-state index in [9.17, 15) is 13.2 Å². The predicted octanol–water partition coefficient (Wildman–Crippen LogP) is 3.71. The molecular weight excluding hydrogens is 263 g/mol. The normalized spacial score (nSPS) is 42.2. The van der Waals surface area contributed by atoms with E-state index >= 15 is 0 Å². The van der Waals surface area contributed by atoms with Gasteiger partial charge in [0.25, 0.3) is 0 Å². The molecule has 0 heterocycles. The predicted molar refractivity (Wildman–Crippen MR) is 69.2 cm³/mol. The summed E-state index contributed by atoms with van der Waals surface area (Å²) < 4.78 is 40.8. The van der Waals surface area contributed by atoms with Crippen LogP contribution in [0.15, 0.2) is 12.1 Å². The maximum atomic E-state index is 14.1. The number of fused-ring (bicyclic) bond motifs is 5. The molecule has 5 atom stereocenters. The highest BCUT2D eigenvalue weighted by Gasteiger charge is 2.60. The van der Waals surface area contributed by atoms with Gasteiger partial charge in [-0.05, 0) is 55.4 Å². The molecule has 108 valence electrons. The summed E-state index contributed by atoms with van der Waals surface area (Å²) >= 11 is 0. The van der Waals surface area contributed by atoms with Crippen LogP contribution in [0.1, 0.15) is 37.7 Å². The summed E-state index contributed by atoms with van der Waals surface area (Å²) in [5.41, 5.74) is 5.88. The van der Waals surface area contributed by atoms with Crippen molar-refractivity contribution in [2.24, 2.45) is 29.4 Å². The highest BCUT2D eigenvalue weighted by atomic mass is 19.2. The topological polar surface area (TPSA) is 26.0 Å². The van der Waals surface area contributed by atoms with Crippen molar-refractivity contribution in [3.8, 4) is 0 Å². The molecule has 0 saturated heterocycles. The number of rotatable bonds is 1. The molecule has 4 rings (SSSR count). The van der Waals surface area contributed by atoms with Crippen molar-refractivity contribution in [3.05, 3.63) is 35.1 Å². The molecule has 0 aliphatic heterocycles. The monoisotopic (exact) mass is 281 g/mol. The van der Waals surface area contributed by atoms with Crippen LogP contribution in [0.4, 0.5) is 13.2 Å². The summed E-state index contributed by atoms with van der Waals surface area (Å²) in [7, 11) is 0. The van der Waals surface area contributed by atoms with Crippen molar-refractivity contribution >= 4 is 0 Å². The van der Waals surface area contributed by atoms with Crippen molar-refractivity contribution in [2.75, 3.05) is 0 Å². The van der Waals surface area contributed by atoms with Gasteiger partial charge in [0, 0.05) is 11.1 Å². The third-order valence-electron chi connectivity index (χ3n) is 6.10. The highest BCUT2D eigenvalue weighted by molar-refractivity contribution is 5.32. The van der Waals surface area contributed by atoms with Gasteiger partial charge in [0.15, 0.2) is 17.5 Å². The van der Waals surface area contributed by atoms with Crippen molar-refractivity contribution in [2.45, 2.75) is 37.6 Å². The van der Waals surface area contributed by atoms with Crippen LogP contribution in [0.5, 0.6) is 0 Å². The lowest BCUT2D eigenvalue weighted by Crippen LogP contribution is -2.47. The van der Waals surface area contributed by atoms with Crippen LogP contribution < -0.4 is 5.73 Å². The molecule has 3 aliphatic carbocycles. The number of halogens is 3. The quantitative estimate of drug-likeness (QED) is 0.780. The zero-order chi connectivity index (χ0) is 14.1. The van der Waals surface area contributed by atoms with Gasteiger partial charge in [0.1, 0.15) is 0 Å². The molecule has 0 spiro atoms. The minimum absolute atomic E-state index is 0.175. The van der Waals surface area contributed by atoms with Gasteiger partial charge < -0.3 is 5.73 Å². The Bertz CT molecular complexity index is 573. The molecule has 3 saturated carbocycles. The van der Waals surface area contributed by atoms with Crippen molar-refractivity contribution in [3.63, 3.8) is 0 Å². The SMILES string of the molecule is NC1(c2ccc(F)c(F)c2F)CC2CC1C1CCCC21. The minimum Gasteiger partial charge on any atom is -0.321 e. The third kappa shape index (κ3) is 1.43. The van der Waals surface area contributed by atoms with Crippen molar-refractivity contribution < 1.29 is 13.2 Å². The number of hydrogen-bond acceptors (Lipinski definition) is 1. The van der Waals surface area contributed by atoms with Gasteiger partial charge in [-0.2, -0.15) is 0 Å². The van der Waals surface area contributed by atoms with Gasteiger partial charge in [0.2, 0.25) is 0 Å². The fraction of sp³-hybridized carbons (Fsp3) is 0.625. The van der Waals surface area contributed by atoms with E-state index in [-0.39, 0.29) is 11.5 Å². The molecule has 1 aromatic rings. The van der Waals surface area contributed by atoms with Crippen LogP contribution in [0.3, 0.4) is 0 Å². The molecule has 0 aromatic heterocycles. The highest BCUT2D eigenvalue weighted by Crippen LogP contribution is 2.64. The number of nitrogens with two attached hydrogens (primary N) is 1. The standard InChI is InChI=1S/C16H18F3N/c17-13-5-4-11(14(18)15(13)19)16(20)7-8-6-12(16)10-3-1-2-9(8)10/h4-5,8-10,12H,1-3,6-7,20H2. The number of hydrogen-bond donors (Lipinski definition) is 1. The maximum Gasteiger partial charge on any atom is 0.194 e. The lowest BCUT2D eigenvalue weighted by atomic mass is 9.68. The van der Waals surface area contributed by atoms with Gasteiger partial charge in [-0.3, -0.25) is 0 Å². The second kappa shape index (κ2) is 4.00. The van der Waals surface area contributed by atoms with Gasteiger partial charge in [0.05, 0.1) is 0 Å². The zero-order valence-corrected chi connectivity index (χ0v) is 11.2. The van der Waals surface area contributed by atoms with E-state index in [1.54, 1.807) is 0 Å². The second-order valence-electron chi connectivity index (χ2n) is 6.83. The van der Waals surface area contributed by atoms with E-state index in [0.29, 0.717) is 18.3 Å². The first-order valence-corrected chi connectivity index (χ1v) is 7.45. The smallest absolute Gasteiger partial charge is 0.194 e. The van der Waals surface area contributed by atoms with Crippen LogP contribution in [0, 0.1) is 41.1 Å². The molecule has 0 amide bonds. The molecule has 2 N–H and O–H groups in total. The van der Waals surface area contributed by atoms with Crippen LogP contribution in [0.25, 0.3) is 0 Å². The second-order valence-corrected chi connectivity index (χ2v) is 6.83. The van der Waals surface area contributed by atoms with E-state index < -0.39 is 23.0 Å². The largest absolute Gasteiger partial charge is 0.321 e. The molecule has 3 aliphatic rings. The molecule has 1 nitrogen and oxygen atoms in total. The molecule has 20 heavy (non-hydrogen) atoms. The molecule has 0 radical (unpaired) electrons. The van der Waals surface area contributed by atoms with E-state index in [1.165, 1.54) is 18.9 Å². The lowest BCUT2D eigenvalue weighted by molar-refractivity contribution is 0.152. The Kier molecular flexibility index (Phi) is 2.54. The summed E-state index contributed by atoms with van der Waals surface area (Å²) in [5, 5.41) is 0. The van der Waals surface area contributed by atoms with Crippen LogP contribution in [0.2, 0.25) is 0 Å². The van der Waals surface area contributed by atoms with E-state index in [1.807, 2.05) is 0 Å². The van der Waals surface area contributed by atoms with Gasteiger partial charge in [-0.25, -0.2) is 13.2 Å². The summed E-state index contributed by atoms with van der Waals surface area (Å²) in [6, 6.07) is 2.35. The number of benzene rings is 1. The summed E-state index contributed by atoms with van der Waals surface area (Å²) in [6.07, 6.45) is 5.35. The van der Waals surface area contributed by atoms with Crippen LogP contribution >= 0.6 is 0 Å². The first-order chi connectivity index (χ1) is 9.52. The summed E-state index contributed by atoms with van der Waals surface area (Å²) in [5.74, 6) is -1.59. The Hall–Kier alpha value is -1.03. The zero-order valence-electron chi connectivity index (χ0n) is 11.2. The van der Waals surface area contributed by atoms with Crippen LogP contribution in [-0.4, -0.2) is 0 Å². The summed E-state index contributed by atoms with van der Waals surface area (Å²) in [6.45, 7) is 0. The Morgan fingerprint density at radius 3 is 2.60 bits per heavy atom. The maximum absolute atomic E-state index is 14.1. The average molecular weight is 281 g/mol.